The van der Waals surface area contributed by atoms with E-state index in [4.69, 9.17) is 0 Å². The minimum absolute atomic E-state index is 0.228. The SMILES string of the molecule is CCc1c(C(=O)NCc2ccc(S(=O)(=O)N3CCCCC3)cc2)cnn1-c1ccccn1. The predicted molar refractivity (Wildman–Crippen MR) is 121 cm³/mol. The topological polar surface area (TPSA) is 97.2 Å². The predicted octanol–water partition coefficient (Wildman–Crippen LogP) is 2.93. The molecule has 1 fully saturated rings. The minimum Gasteiger partial charge on any atom is -0.348 e. The van der Waals surface area contributed by atoms with Crippen molar-refractivity contribution in [3.8, 4) is 5.82 Å². The fourth-order valence-electron chi connectivity index (χ4n) is 3.89. The lowest BCUT2D eigenvalue weighted by molar-refractivity contribution is 0.0950. The lowest BCUT2D eigenvalue weighted by Gasteiger charge is -2.25. The summed E-state index contributed by atoms with van der Waals surface area (Å²) < 4.78 is 28.8. The average molecular weight is 454 g/mol. The third kappa shape index (κ3) is 4.58. The summed E-state index contributed by atoms with van der Waals surface area (Å²) in [5, 5.41) is 7.24. The van der Waals surface area contributed by atoms with E-state index in [1.807, 2.05) is 25.1 Å². The van der Waals surface area contributed by atoms with E-state index in [0.717, 1.165) is 30.5 Å². The number of sulfonamides is 1. The van der Waals surface area contributed by atoms with Crippen LogP contribution >= 0.6 is 0 Å². The van der Waals surface area contributed by atoms with Crippen molar-refractivity contribution in [2.24, 2.45) is 0 Å². The summed E-state index contributed by atoms with van der Waals surface area (Å²) in [6.45, 7) is 3.41. The van der Waals surface area contributed by atoms with E-state index < -0.39 is 10.0 Å². The molecule has 1 aliphatic rings. The first-order valence-corrected chi connectivity index (χ1v) is 12.3. The molecule has 1 saturated heterocycles. The lowest BCUT2D eigenvalue weighted by Crippen LogP contribution is -2.35. The molecule has 2 aromatic heterocycles. The third-order valence-electron chi connectivity index (χ3n) is 5.64. The second kappa shape index (κ2) is 9.62. The Hall–Kier alpha value is -3.04. The molecule has 168 valence electrons. The Morgan fingerprint density at radius 1 is 1.06 bits per heavy atom. The summed E-state index contributed by atoms with van der Waals surface area (Å²) in [6.07, 6.45) is 6.75. The Morgan fingerprint density at radius 3 is 2.47 bits per heavy atom. The Labute approximate surface area is 188 Å². The number of hydrogen-bond acceptors (Lipinski definition) is 5. The molecule has 3 heterocycles. The zero-order valence-corrected chi connectivity index (χ0v) is 18.9. The van der Waals surface area contributed by atoms with Crippen LogP contribution in [-0.2, 0) is 23.0 Å². The Balaban J connectivity index is 1.43. The van der Waals surface area contributed by atoms with E-state index in [1.54, 1.807) is 45.6 Å². The fraction of sp³-hybridized carbons (Fsp3) is 0.348. The molecular weight excluding hydrogens is 426 g/mol. The smallest absolute Gasteiger partial charge is 0.255 e. The highest BCUT2D eigenvalue weighted by atomic mass is 32.2. The summed E-state index contributed by atoms with van der Waals surface area (Å²) in [7, 11) is -3.46. The maximum absolute atomic E-state index is 12.8. The number of nitrogens with one attached hydrogen (secondary N) is 1. The molecule has 32 heavy (non-hydrogen) atoms. The molecule has 0 atom stereocenters. The van der Waals surface area contributed by atoms with Crippen LogP contribution in [0.15, 0.2) is 59.8 Å². The lowest BCUT2D eigenvalue weighted by atomic mass is 10.1. The number of aromatic nitrogens is 3. The summed E-state index contributed by atoms with van der Waals surface area (Å²) in [5.41, 5.74) is 2.11. The van der Waals surface area contributed by atoms with Crippen LogP contribution in [0.5, 0.6) is 0 Å². The monoisotopic (exact) mass is 453 g/mol. The van der Waals surface area contributed by atoms with Gasteiger partial charge in [-0.1, -0.05) is 31.5 Å². The highest BCUT2D eigenvalue weighted by molar-refractivity contribution is 7.89. The number of benzene rings is 1. The van der Waals surface area contributed by atoms with Gasteiger partial charge in [-0.05, 0) is 49.1 Å². The van der Waals surface area contributed by atoms with Crippen molar-refractivity contribution in [1.29, 1.82) is 0 Å². The van der Waals surface area contributed by atoms with Crippen molar-refractivity contribution in [3.63, 3.8) is 0 Å². The molecule has 1 aromatic carbocycles. The maximum atomic E-state index is 12.8. The summed E-state index contributed by atoms with van der Waals surface area (Å²) in [5.74, 6) is 0.433. The van der Waals surface area contributed by atoms with Crippen LogP contribution in [0.1, 0.15) is 47.8 Å². The van der Waals surface area contributed by atoms with Gasteiger partial charge in [0.05, 0.1) is 22.3 Å². The van der Waals surface area contributed by atoms with Crippen molar-refractivity contribution in [3.05, 3.63) is 71.7 Å². The first-order valence-electron chi connectivity index (χ1n) is 10.9. The summed E-state index contributed by atoms with van der Waals surface area (Å²) >= 11 is 0. The molecule has 1 aliphatic heterocycles. The zero-order valence-electron chi connectivity index (χ0n) is 18.1. The number of carbonyl (C=O) groups is 1. The van der Waals surface area contributed by atoms with Crippen LogP contribution < -0.4 is 5.32 Å². The van der Waals surface area contributed by atoms with Gasteiger partial charge in [-0.3, -0.25) is 4.79 Å². The molecule has 1 amide bonds. The van der Waals surface area contributed by atoms with Crippen LogP contribution in [0.4, 0.5) is 0 Å². The molecule has 0 unspecified atom stereocenters. The van der Waals surface area contributed by atoms with E-state index in [-0.39, 0.29) is 5.91 Å². The van der Waals surface area contributed by atoms with Gasteiger partial charge in [0.15, 0.2) is 5.82 Å². The van der Waals surface area contributed by atoms with Crippen molar-refractivity contribution >= 4 is 15.9 Å². The highest BCUT2D eigenvalue weighted by Gasteiger charge is 2.25. The molecule has 0 radical (unpaired) electrons. The fourth-order valence-corrected chi connectivity index (χ4v) is 5.41. The largest absolute Gasteiger partial charge is 0.348 e. The van der Waals surface area contributed by atoms with Gasteiger partial charge < -0.3 is 5.32 Å². The first kappa shape index (κ1) is 22.2. The number of piperidine rings is 1. The molecule has 1 N–H and O–H groups in total. The van der Waals surface area contributed by atoms with Crippen molar-refractivity contribution in [2.45, 2.75) is 44.0 Å². The molecule has 8 nitrogen and oxygen atoms in total. The van der Waals surface area contributed by atoms with Gasteiger partial charge >= 0.3 is 0 Å². The van der Waals surface area contributed by atoms with E-state index in [1.165, 1.54) is 0 Å². The number of carbonyl (C=O) groups excluding carboxylic acids is 1. The quantitative estimate of drug-likeness (QED) is 0.593. The molecule has 0 saturated carbocycles. The molecule has 0 spiro atoms. The number of nitrogens with zero attached hydrogens (tertiary/aromatic N) is 4. The second-order valence-electron chi connectivity index (χ2n) is 7.75. The van der Waals surface area contributed by atoms with Gasteiger partial charge in [0.2, 0.25) is 10.0 Å². The Kier molecular flexibility index (Phi) is 6.66. The molecule has 4 rings (SSSR count). The maximum Gasteiger partial charge on any atom is 0.255 e. The number of amides is 1. The van der Waals surface area contributed by atoms with Crippen molar-refractivity contribution in [1.82, 2.24) is 24.4 Å². The molecular formula is C23H27N5O3S. The number of pyridine rings is 1. The summed E-state index contributed by atoms with van der Waals surface area (Å²) in [6, 6.07) is 12.3. The van der Waals surface area contributed by atoms with Gasteiger partial charge in [0, 0.05) is 25.8 Å². The van der Waals surface area contributed by atoms with E-state index in [0.29, 0.717) is 42.3 Å². The van der Waals surface area contributed by atoms with Gasteiger partial charge in [-0.15, -0.1) is 0 Å². The van der Waals surface area contributed by atoms with Gasteiger partial charge in [-0.25, -0.2) is 18.1 Å². The van der Waals surface area contributed by atoms with Crippen LogP contribution in [0.2, 0.25) is 0 Å². The van der Waals surface area contributed by atoms with Crippen molar-refractivity contribution < 1.29 is 13.2 Å². The molecule has 0 aliphatic carbocycles. The molecule has 9 heteroatoms. The van der Waals surface area contributed by atoms with Crippen LogP contribution in [-0.4, -0.2) is 46.5 Å². The van der Waals surface area contributed by atoms with Crippen LogP contribution in [0.3, 0.4) is 0 Å². The second-order valence-corrected chi connectivity index (χ2v) is 9.69. The highest BCUT2D eigenvalue weighted by Crippen LogP contribution is 2.21. The number of rotatable bonds is 7. The van der Waals surface area contributed by atoms with Crippen molar-refractivity contribution in [2.75, 3.05) is 13.1 Å². The van der Waals surface area contributed by atoms with E-state index in [9.17, 15) is 13.2 Å². The number of hydrogen-bond donors (Lipinski definition) is 1. The van der Waals surface area contributed by atoms with E-state index >= 15 is 0 Å². The van der Waals surface area contributed by atoms with Crippen LogP contribution in [0, 0.1) is 0 Å². The summed E-state index contributed by atoms with van der Waals surface area (Å²) in [4.78, 5) is 17.4. The van der Waals surface area contributed by atoms with Crippen LogP contribution in [0.25, 0.3) is 5.82 Å². The van der Waals surface area contributed by atoms with Gasteiger partial charge in [0.25, 0.3) is 5.91 Å². The van der Waals surface area contributed by atoms with Gasteiger partial charge in [0.1, 0.15) is 0 Å². The minimum atomic E-state index is -3.46. The first-order chi connectivity index (χ1) is 15.5. The zero-order chi connectivity index (χ0) is 22.6. The average Bonchev–Trinajstić information content (AvgIpc) is 3.28. The van der Waals surface area contributed by atoms with Gasteiger partial charge in [-0.2, -0.15) is 9.40 Å². The normalized spacial score (nSPS) is 14.9. The third-order valence-corrected chi connectivity index (χ3v) is 7.56. The van der Waals surface area contributed by atoms with E-state index in [2.05, 4.69) is 15.4 Å². The Bertz CT molecular complexity index is 1170. The standard InChI is InChI=1S/C23H27N5O3S/c1-2-21-20(17-26-28(21)22-8-4-5-13-24-22)23(29)25-16-18-9-11-19(12-10-18)32(30,31)27-14-6-3-7-15-27/h4-5,8-13,17H,2-3,6-7,14-16H2,1H3,(H,25,29). The Morgan fingerprint density at radius 2 is 1.81 bits per heavy atom. The molecule has 3 aromatic rings. The molecule has 0 bridgehead atoms.